The van der Waals surface area contributed by atoms with Crippen molar-refractivity contribution in [3.05, 3.63) is 0 Å². The van der Waals surface area contributed by atoms with Gasteiger partial charge in [0, 0.05) is 6.04 Å². The van der Waals surface area contributed by atoms with E-state index < -0.39 is 0 Å². The van der Waals surface area contributed by atoms with Gasteiger partial charge in [0.25, 0.3) is 0 Å². The Morgan fingerprint density at radius 2 is 1.71 bits per heavy atom. The maximum absolute atomic E-state index is 5.71. The lowest BCUT2D eigenvalue weighted by Crippen LogP contribution is -2.37. The number of hydrogen-bond acceptors (Lipinski definition) is 2. The highest BCUT2D eigenvalue weighted by molar-refractivity contribution is 4.75. The molecule has 0 heterocycles. The van der Waals surface area contributed by atoms with E-state index in [1.54, 1.807) is 0 Å². The molecule has 0 aromatic carbocycles. The van der Waals surface area contributed by atoms with Crippen molar-refractivity contribution in [1.29, 1.82) is 0 Å². The number of hydrazine groups is 1. The van der Waals surface area contributed by atoms with Crippen LogP contribution >= 0.6 is 0 Å². The lowest BCUT2D eigenvalue weighted by Gasteiger charge is -2.25. The fourth-order valence-electron chi connectivity index (χ4n) is 2.88. The average Bonchev–Trinajstić information content (AvgIpc) is 2.51. The summed E-state index contributed by atoms with van der Waals surface area (Å²) in [5.41, 5.74) is 3.47. The van der Waals surface area contributed by atoms with Crippen LogP contribution in [0.4, 0.5) is 0 Å². The van der Waals surface area contributed by atoms with Crippen LogP contribution in [0.25, 0.3) is 0 Å². The molecule has 1 atom stereocenters. The third-order valence-corrected chi connectivity index (χ3v) is 4.07. The van der Waals surface area contributed by atoms with Gasteiger partial charge in [0.15, 0.2) is 0 Å². The molecule has 0 amide bonds. The van der Waals surface area contributed by atoms with E-state index in [9.17, 15) is 0 Å². The molecule has 0 bridgehead atoms. The third kappa shape index (κ3) is 7.05. The summed E-state index contributed by atoms with van der Waals surface area (Å²) >= 11 is 0. The minimum atomic E-state index is 0.429. The molecular formula is C15H32N2. The molecule has 1 saturated carbocycles. The molecule has 0 saturated heterocycles. The minimum absolute atomic E-state index is 0.429. The molecule has 1 rings (SSSR count). The molecule has 0 aromatic heterocycles. The largest absolute Gasteiger partial charge is 0.271 e. The highest BCUT2D eigenvalue weighted by Crippen LogP contribution is 2.29. The van der Waals surface area contributed by atoms with Crippen molar-refractivity contribution in [2.75, 3.05) is 0 Å². The zero-order valence-electron chi connectivity index (χ0n) is 12.1. The molecule has 0 aliphatic heterocycles. The third-order valence-electron chi connectivity index (χ3n) is 4.07. The summed E-state index contributed by atoms with van der Waals surface area (Å²) in [6.45, 7) is 6.94. The molecule has 3 N–H and O–H groups in total. The van der Waals surface area contributed by atoms with Crippen LogP contribution in [0.3, 0.4) is 0 Å². The molecule has 1 aliphatic carbocycles. The first kappa shape index (κ1) is 15.0. The Hall–Kier alpha value is -0.0800. The predicted octanol–water partition coefficient (Wildman–Crippen LogP) is 4.01. The molecule has 0 spiro atoms. The smallest absolute Gasteiger partial charge is 0.0213 e. The number of nitrogens with two attached hydrogens (primary N) is 1. The van der Waals surface area contributed by atoms with Crippen molar-refractivity contribution in [1.82, 2.24) is 5.43 Å². The van der Waals surface area contributed by atoms with E-state index >= 15 is 0 Å². The second kappa shape index (κ2) is 7.38. The molecule has 0 aromatic rings. The normalized spacial score (nSPS) is 21.2. The van der Waals surface area contributed by atoms with E-state index in [4.69, 9.17) is 5.84 Å². The van der Waals surface area contributed by atoms with Gasteiger partial charge in [-0.05, 0) is 30.6 Å². The quantitative estimate of drug-likeness (QED) is 0.433. The van der Waals surface area contributed by atoms with Gasteiger partial charge in [-0.2, -0.15) is 0 Å². The molecule has 1 unspecified atom stereocenters. The SMILES string of the molecule is CC(C)(C)CCC(CC1CCCCCC1)NN. The molecule has 1 aliphatic rings. The Labute approximate surface area is 108 Å². The molecule has 2 nitrogen and oxygen atoms in total. The zero-order valence-corrected chi connectivity index (χ0v) is 12.1. The molecule has 1 fully saturated rings. The Morgan fingerprint density at radius 1 is 1.12 bits per heavy atom. The van der Waals surface area contributed by atoms with Crippen LogP contribution in [0.15, 0.2) is 0 Å². The molecular weight excluding hydrogens is 208 g/mol. The van der Waals surface area contributed by atoms with E-state index in [0.29, 0.717) is 11.5 Å². The second-order valence-corrected chi connectivity index (χ2v) is 7.06. The van der Waals surface area contributed by atoms with Crippen LogP contribution in [0.1, 0.15) is 78.6 Å². The van der Waals surface area contributed by atoms with Crippen LogP contribution in [0.2, 0.25) is 0 Å². The minimum Gasteiger partial charge on any atom is -0.271 e. The van der Waals surface area contributed by atoms with E-state index in [1.165, 1.54) is 57.8 Å². The summed E-state index contributed by atoms with van der Waals surface area (Å²) in [7, 11) is 0. The van der Waals surface area contributed by atoms with Gasteiger partial charge in [-0.25, -0.2) is 0 Å². The van der Waals surface area contributed by atoms with Gasteiger partial charge >= 0.3 is 0 Å². The standard InChI is InChI=1S/C15H32N2/c1-15(2,3)11-10-14(17-16)12-13-8-6-4-5-7-9-13/h13-14,17H,4-12,16H2,1-3H3. The first-order valence-corrected chi connectivity index (χ1v) is 7.47. The van der Waals surface area contributed by atoms with Gasteiger partial charge in [0.05, 0.1) is 0 Å². The van der Waals surface area contributed by atoms with Gasteiger partial charge in [-0.1, -0.05) is 59.3 Å². The van der Waals surface area contributed by atoms with Crippen molar-refractivity contribution in [3.8, 4) is 0 Å². The zero-order chi connectivity index (χ0) is 12.7. The van der Waals surface area contributed by atoms with Gasteiger partial charge in [-0.3, -0.25) is 11.3 Å². The summed E-state index contributed by atoms with van der Waals surface area (Å²) in [6.07, 6.45) is 12.4. The van der Waals surface area contributed by atoms with Crippen LogP contribution < -0.4 is 11.3 Å². The molecule has 2 heteroatoms. The Morgan fingerprint density at radius 3 is 2.18 bits per heavy atom. The average molecular weight is 240 g/mol. The van der Waals surface area contributed by atoms with Crippen molar-refractivity contribution < 1.29 is 0 Å². The van der Waals surface area contributed by atoms with Crippen molar-refractivity contribution in [3.63, 3.8) is 0 Å². The number of rotatable bonds is 5. The van der Waals surface area contributed by atoms with Crippen molar-refractivity contribution >= 4 is 0 Å². The second-order valence-electron chi connectivity index (χ2n) is 7.06. The topological polar surface area (TPSA) is 38.0 Å². The summed E-state index contributed by atoms with van der Waals surface area (Å²) in [5.74, 6) is 6.62. The van der Waals surface area contributed by atoms with Gasteiger partial charge in [-0.15, -0.1) is 0 Å². The van der Waals surface area contributed by atoms with Crippen LogP contribution in [0, 0.1) is 11.3 Å². The first-order chi connectivity index (χ1) is 8.01. The Bertz CT molecular complexity index is 188. The van der Waals surface area contributed by atoms with Crippen LogP contribution in [-0.4, -0.2) is 6.04 Å². The van der Waals surface area contributed by atoms with Crippen molar-refractivity contribution in [2.45, 2.75) is 84.6 Å². The molecule has 0 radical (unpaired) electrons. The fourth-order valence-corrected chi connectivity index (χ4v) is 2.88. The van der Waals surface area contributed by atoms with E-state index in [0.717, 1.165) is 5.92 Å². The number of nitrogens with one attached hydrogen (secondary N) is 1. The van der Waals surface area contributed by atoms with Gasteiger partial charge in [0.1, 0.15) is 0 Å². The van der Waals surface area contributed by atoms with Gasteiger partial charge < -0.3 is 0 Å². The first-order valence-electron chi connectivity index (χ1n) is 7.47. The summed E-state index contributed by atoms with van der Waals surface area (Å²) in [5, 5.41) is 0. The highest BCUT2D eigenvalue weighted by atomic mass is 15.2. The molecule has 102 valence electrons. The summed E-state index contributed by atoms with van der Waals surface area (Å²) < 4.78 is 0. The van der Waals surface area contributed by atoms with Gasteiger partial charge in [0.2, 0.25) is 0 Å². The monoisotopic (exact) mass is 240 g/mol. The highest BCUT2D eigenvalue weighted by Gasteiger charge is 2.19. The summed E-state index contributed by atoms with van der Waals surface area (Å²) in [4.78, 5) is 0. The van der Waals surface area contributed by atoms with E-state index in [2.05, 4.69) is 26.2 Å². The Kier molecular flexibility index (Phi) is 6.50. The maximum atomic E-state index is 5.71. The maximum Gasteiger partial charge on any atom is 0.0213 e. The number of hydrogen-bond donors (Lipinski definition) is 2. The van der Waals surface area contributed by atoms with E-state index in [-0.39, 0.29) is 0 Å². The lowest BCUT2D eigenvalue weighted by molar-refractivity contribution is 0.290. The predicted molar refractivity (Wildman–Crippen MR) is 75.6 cm³/mol. The lowest BCUT2D eigenvalue weighted by atomic mass is 9.85. The molecule has 17 heavy (non-hydrogen) atoms. The van der Waals surface area contributed by atoms with Crippen LogP contribution in [-0.2, 0) is 0 Å². The van der Waals surface area contributed by atoms with E-state index in [1.807, 2.05) is 0 Å². The van der Waals surface area contributed by atoms with Crippen LogP contribution in [0.5, 0.6) is 0 Å². The van der Waals surface area contributed by atoms with Crippen molar-refractivity contribution in [2.24, 2.45) is 17.2 Å². The summed E-state index contributed by atoms with van der Waals surface area (Å²) in [6, 6.07) is 0.525. The fraction of sp³-hybridized carbons (Fsp3) is 1.00. The Balaban J connectivity index is 2.29.